The van der Waals surface area contributed by atoms with Gasteiger partial charge in [0.05, 0.1) is 0 Å². The van der Waals surface area contributed by atoms with E-state index in [4.69, 9.17) is 11.6 Å². The van der Waals surface area contributed by atoms with Gasteiger partial charge in [0, 0.05) is 16.3 Å². The predicted molar refractivity (Wildman–Crippen MR) is 61.2 cm³/mol. The minimum atomic E-state index is -0.101. The third-order valence-corrected chi connectivity index (χ3v) is 3.23. The summed E-state index contributed by atoms with van der Waals surface area (Å²) in [5, 5.41) is 2.75. The second-order valence-corrected chi connectivity index (χ2v) is 4.90. The van der Waals surface area contributed by atoms with E-state index in [1.165, 1.54) is 15.3 Å². The second kappa shape index (κ2) is 5.37. The van der Waals surface area contributed by atoms with Crippen molar-refractivity contribution in [2.45, 2.75) is 20.3 Å². The zero-order valence-corrected chi connectivity index (χ0v) is 9.97. The Morgan fingerprint density at radius 3 is 2.79 bits per heavy atom. The molecule has 4 heteroatoms. The third kappa shape index (κ3) is 3.31. The molecule has 1 amide bonds. The molecule has 78 valence electrons. The average Bonchev–Trinajstić information content (AvgIpc) is 2.45. The normalized spacial score (nSPS) is 10.2. The van der Waals surface area contributed by atoms with Gasteiger partial charge in [0.2, 0.25) is 5.91 Å². The Bertz CT molecular complexity index is 322. The molecule has 0 radical (unpaired) electrons. The van der Waals surface area contributed by atoms with Gasteiger partial charge in [-0.05, 0) is 31.9 Å². The number of alkyl halides is 1. The Hall–Kier alpha value is -0.540. The topological polar surface area (TPSA) is 29.1 Å². The number of thiophene rings is 1. The van der Waals surface area contributed by atoms with Gasteiger partial charge in [-0.1, -0.05) is 0 Å². The average molecular weight is 232 g/mol. The maximum atomic E-state index is 10.9. The van der Waals surface area contributed by atoms with Gasteiger partial charge in [-0.25, -0.2) is 0 Å². The van der Waals surface area contributed by atoms with Gasteiger partial charge in [-0.3, -0.25) is 4.79 Å². The van der Waals surface area contributed by atoms with Crippen molar-refractivity contribution in [2.75, 3.05) is 12.4 Å². The molecule has 0 atom stereocenters. The zero-order chi connectivity index (χ0) is 10.6. The van der Waals surface area contributed by atoms with Crippen LogP contribution in [0.1, 0.15) is 15.3 Å². The number of amides is 1. The first-order chi connectivity index (χ1) is 6.63. The predicted octanol–water partition coefficient (Wildman–Crippen LogP) is 2.26. The smallest absolute Gasteiger partial charge is 0.234 e. The van der Waals surface area contributed by atoms with E-state index in [1.807, 2.05) is 0 Å². The van der Waals surface area contributed by atoms with Crippen molar-refractivity contribution in [3.8, 4) is 0 Å². The number of carbonyl (C=O) groups excluding carboxylic acids is 1. The molecule has 1 aromatic heterocycles. The van der Waals surface area contributed by atoms with Crippen LogP contribution < -0.4 is 5.32 Å². The standard InChI is InChI=1S/C10H14ClNOS/c1-7-5-9(8(2)14-7)3-4-12-10(13)6-11/h5H,3-4,6H2,1-2H3,(H,12,13). The summed E-state index contributed by atoms with van der Waals surface area (Å²) in [6.07, 6.45) is 0.888. The Kier molecular flexibility index (Phi) is 4.42. The van der Waals surface area contributed by atoms with Crippen molar-refractivity contribution >= 4 is 28.8 Å². The number of nitrogens with one attached hydrogen (secondary N) is 1. The fraction of sp³-hybridized carbons (Fsp3) is 0.500. The number of hydrogen-bond acceptors (Lipinski definition) is 2. The molecule has 0 spiro atoms. The summed E-state index contributed by atoms with van der Waals surface area (Å²) >= 11 is 7.15. The van der Waals surface area contributed by atoms with E-state index in [0.29, 0.717) is 6.54 Å². The molecule has 0 aromatic carbocycles. The summed E-state index contributed by atoms with van der Waals surface area (Å²) in [5.41, 5.74) is 1.32. The molecular weight excluding hydrogens is 218 g/mol. The Morgan fingerprint density at radius 2 is 2.29 bits per heavy atom. The number of rotatable bonds is 4. The molecule has 0 unspecified atom stereocenters. The van der Waals surface area contributed by atoms with Gasteiger partial charge in [-0.15, -0.1) is 22.9 Å². The highest BCUT2D eigenvalue weighted by Crippen LogP contribution is 2.20. The van der Waals surface area contributed by atoms with E-state index in [-0.39, 0.29) is 11.8 Å². The Morgan fingerprint density at radius 1 is 1.57 bits per heavy atom. The molecule has 0 bridgehead atoms. The van der Waals surface area contributed by atoms with Crippen LogP contribution in [0.2, 0.25) is 0 Å². The molecule has 1 rings (SSSR count). The van der Waals surface area contributed by atoms with E-state index in [9.17, 15) is 4.79 Å². The maximum Gasteiger partial charge on any atom is 0.234 e. The number of aryl methyl sites for hydroxylation is 2. The fourth-order valence-corrected chi connectivity index (χ4v) is 2.39. The Labute approximate surface area is 93.3 Å². The van der Waals surface area contributed by atoms with E-state index in [2.05, 4.69) is 25.2 Å². The first-order valence-corrected chi connectivity index (χ1v) is 5.87. The monoisotopic (exact) mass is 231 g/mol. The van der Waals surface area contributed by atoms with Crippen LogP contribution in [0.4, 0.5) is 0 Å². The first kappa shape index (κ1) is 11.5. The van der Waals surface area contributed by atoms with Gasteiger partial charge < -0.3 is 5.32 Å². The van der Waals surface area contributed by atoms with Crippen molar-refractivity contribution in [1.82, 2.24) is 5.32 Å². The van der Waals surface area contributed by atoms with Crippen LogP contribution in [0, 0.1) is 13.8 Å². The lowest BCUT2D eigenvalue weighted by Crippen LogP contribution is -2.26. The molecule has 0 aliphatic carbocycles. The van der Waals surface area contributed by atoms with Gasteiger partial charge in [-0.2, -0.15) is 0 Å². The minimum absolute atomic E-state index is 0.0433. The van der Waals surface area contributed by atoms with Crippen LogP contribution >= 0.6 is 22.9 Å². The van der Waals surface area contributed by atoms with Crippen LogP contribution in [0.5, 0.6) is 0 Å². The molecule has 0 saturated heterocycles. The highest BCUT2D eigenvalue weighted by molar-refractivity contribution is 7.12. The molecule has 1 aromatic rings. The fourth-order valence-electron chi connectivity index (χ4n) is 1.32. The van der Waals surface area contributed by atoms with Crippen molar-refractivity contribution < 1.29 is 4.79 Å². The molecule has 2 nitrogen and oxygen atoms in total. The van der Waals surface area contributed by atoms with Gasteiger partial charge in [0.25, 0.3) is 0 Å². The second-order valence-electron chi connectivity index (χ2n) is 3.17. The summed E-state index contributed by atoms with van der Waals surface area (Å²) < 4.78 is 0. The van der Waals surface area contributed by atoms with Crippen molar-refractivity contribution in [2.24, 2.45) is 0 Å². The van der Waals surface area contributed by atoms with E-state index >= 15 is 0 Å². The molecule has 0 saturated carbocycles. The third-order valence-electron chi connectivity index (χ3n) is 1.98. The van der Waals surface area contributed by atoms with Crippen molar-refractivity contribution in [1.29, 1.82) is 0 Å². The van der Waals surface area contributed by atoms with Gasteiger partial charge in [0.15, 0.2) is 0 Å². The molecule has 1 heterocycles. The summed E-state index contributed by atoms with van der Waals surface area (Å²) in [6, 6.07) is 2.17. The lowest BCUT2D eigenvalue weighted by molar-refractivity contribution is -0.118. The number of halogens is 1. The molecule has 0 fully saturated rings. The maximum absolute atomic E-state index is 10.9. The first-order valence-electron chi connectivity index (χ1n) is 4.52. The molecule has 0 aliphatic rings. The highest BCUT2D eigenvalue weighted by Gasteiger charge is 2.03. The van der Waals surface area contributed by atoms with Crippen LogP contribution in [0.25, 0.3) is 0 Å². The van der Waals surface area contributed by atoms with Crippen LogP contribution in [0.3, 0.4) is 0 Å². The quantitative estimate of drug-likeness (QED) is 0.792. The van der Waals surface area contributed by atoms with Crippen LogP contribution in [-0.4, -0.2) is 18.3 Å². The van der Waals surface area contributed by atoms with Gasteiger partial charge >= 0.3 is 0 Å². The molecule has 0 aliphatic heterocycles. The largest absolute Gasteiger partial charge is 0.355 e. The minimum Gasteiger partial charge on any atom is -0.355 e. The van der Waals surface area contributed by atoms with Crippen molar-refractivity contribution in [3.63, 3.8) is 0 Å². The SMILES string of the molecule is Cc1cc(CCNC(=O)CCl)c(C)s1. The molecular formula is C10H14ClNOS. The number of hydrogen-bond donors (Lipinski definition) is 1. The van der Waals surface area contributed by atoms with E-state index < -0.39 is 0 Å². The Balaban J connectivity index is 2.38. The molecule has 14 heavy (non-hydrogen) atoms. The summed E-state index contributed by atoms with van der Waals surface area (Å²) in [5.74, 6) is -0.0574. The highest BCUT2D eigenvalue weighted by atomic mass is 35.5. The van der Waals surface area contributed by atoms with Crippen LogP contribution in [0.15, 0.2) is 6.07 Å². The number of carbonyl (C=O) groups is 1. The van der Waals surface area contributed by atoms with Gasteiger partial charge in [0.1, 0.15) is 5.88 Å². The lowest BCUT2D eigenvalue weighted by atomic mass is 10.2. The summed E-state index contributed by atoms with van der Waals surface area (Å²) in [7, 11) is 0. The lowest BCUT2D eigenvalue weighted by Gasteiger charge is -2.01. The van der Waals surface area contributed by atoms with E-state index in [0.717, 1.165) is 6.42 Å². The van der Waals surface area contributed by atoms with Crippen LogP contribution in [-0.2, 0) is 11.2 Å². The summed E-state index contributed by atoms with van der Waals surface area (Å²) in [6.45, 7) is 4.87. The van der Waals surface area contributed by atoms with E-state index in [1.54, 1.807) is 11.3 Å². The van der Waals surface area contributed by atoms with Crippen molar-refractivity contribution in [3.05, 3.63) is 21.4 Å². The zero-order valence-electron chi connectivity index (χ0n) is 8.39. The molecule has 1 N–H and O–H groups in total. The summed E-state index contributed by atoms with van der Waals surface area (Å²) in [4.78, 5) is 13.5.